The quantitative estimate of drug-likeness (QED) is 0.413. The molecule has 1 aliphatic rings. The van der Waals surface area contributed by atoms with Gasteiger partial charge >= 0.3 is 0 Å². The van der Waals surface area contributed by atoms with Crippen molar-refractivity contribution >= 4 is 40.3 Å². The molecule has 0 unspecified atom stereocenters. The Morgan fingerprint density at radius 2 is 1.97 bits per heavy atom. The second-order valence-electron chi connectivity index (χ2n) is 6.87. The number of carbonyl (C=O) groups excluding carboxylic acids is 1. The summed E-state index contributed by atoms with van der Waals surface area (Å²) in [5.74, 6) is 0.767. The van der Waals surface area contributed by atoms with E-state index >= 15 is 0 Å². The molecule has 30 heavy (non-hydrogen) atoms. The van der Waals surface area contributed by atoms with Crippen LogP contribution in [0.4, 0.5) is 0 Å². The Morgan fingerprint density at radius 3 is 2.60 bits per heavy atom. The lowest BCUT2D eigenvalue weighted by molar-refractivity contribution is -0.121. The van der Waals surface area contributed by atoms with Crippen molar-refractivity contribution in [2.75, 3.05) is 13.7 Å². The number of hydrogen-bond acceptors (Lipinski definition) is 5. The van der Waals surface area contributed by atoms with Gasteiger partial charge in [-0.15, -0.1) is 0 Å². The van der Waals surface area contributed by atoms with E-state index in [0.717, 1.165) is 33.8 Å². The molecule has 1 aliphatic heterocycles. The maximum Gasteiger partial charge on any atom is 0.265 e. The number of carbonyl (C=O) groups is 1. The highest BCUT2D eigenvalue weighted by Gasteiger charge is 2.29. The summed E-state index contributed by atoms with van der Waals surface area (Å²) in [6.07, 6.45) is 3.81. The lowest BCUT2D eigenvalue weighted by atomic mass is 10.0. The summed E-state index contributed by atoms with van der Waals surface area (Å²) in [7, 11) is 1.70. The van der Waals surface area contributed by atoms with Crippen molar-refractivity contribution in [2.45, 2.75) is 13.8 Å². The number of ether oxygens (including phenoxy) is 1. The van der Waals surface area contributed by atoms with E-state index < -0.39 is 0 Å². The molecule has 0 N–H and O–H groups in total. The Morgan fingerprint density at radius 1 is 1.20 bits per heavy atom. The first kappa shape index (κ1) is 20.4. The maximum atomic E-state index is 12.5. The minimum Gasteiger partial charge on any atom is -0.494 e. The fourth-order valence-electron chi connectivity index (χ4n) is 3.23. The summed E-state index contributed by atoms with van der Waals surface area (Å²) in [6.45, 7) is 4.61. The minimum absolute atomic E-state index is 0.0914. The number of para-hydroxylation sites is 1. The van der Waals surface area contributed by atoms with Gasteiger partial charge in [-0.1, -0.05) is 42.2 Å². The molecule has 5 nitrogen and oxygen atoms in total. The van der Waals surface area contributed by atoms with E-state index in [-0.39, 0.29) is 5.91 Å². The van der Waals surface area contributed by atoms with Crippen molar-refractivity contribution in [3.63, 3.8) is 0 Å². The Balaban J connectivity index is 1.83. The summed E-state index contributed by atoms with van der Waals surface area (Å²) < 4.78 is 8.06. The van der Waals surface area contributed by atoms with E-state index in [1.165, 1.54) is 16.7 Å². The zero-order chi connectivity index (χ0) is 21.3. The lowest BCUT2D eigenvalue weighted by Crippen LogP contribution is -2.22. The number of thioether (sulfide) groups is 1. The second kappa shape index (κ2) is 8.45. The van der Waals surface area contributed by atoms with Crippen LogP contribution >= 0.6 is 24.0 Å². The van der Waals surface area contributed by atoms with Crippen LogP contribution in [0.1, 0.15) is 18.1 Å². The average molecular weight is 436 g/mol. The molecule has 0 atom stereocenters. The molecule has 0 aliphatic carbocycles. The van der Waals surface area contributed by atoms with E-state index in [1.807, 2.05) is 73.3 Å². The Kier molecular flexibility index (Phi) is 5.74. The molecule has 4 rings (SSSR count). The van der Waals surface area contributed by atoms with Crippen LogP contribution in [0.3, 0.4) is 0 Å². The van der Waals surface area contributed by atoms with Gasteiger partial charge in [0.05, 0.1) is 17.2 Å². The Labute approximate surface area is 185 Å². The summed E-state index contributed by atoms with van der Waals surface area (Å²) in [5.41, 5.74) is 4.60. The first-order valence-electron chi connectivity index (χ1n) is 9.58. The van der Waals surface area contributed by atoms with Crippen LogP contribution < -0.4 is 4.74 Å². The molecule has 1 saturated heterocycles. The third-order valence-corrected chi connectivity index (χ3v) is 6.27. The SMILES string of the molecule is CCOc1ccc(-c2nn(-c3ccccc3)cc2/C=C2\SC(=S)N(C)C2=O)cc1C. The number of hydrogen-bond donors (Lipinski definition) is 0. The number of likely N-dealkylation sites (N-methyl/N-ethyl adjacent to an activating group) is 1. The largest absolute Gasteiger partial charge is 0.494 e. The molecule has 2 heterocycles. The van der Waals surface area contributed by atoms with Crippen molar-refractivity contribution in [3.8, 4) is 22.7 Å². The van der Waals surface area contributed by atoms with Gasteiger partial charge in [0.1, 0.15) is 15.8 Å². The van der Waals surface area contributed by atoms with Crippen LogP contribution in [0.5, 0.6) is 5.75 Å². The van der Waals surface area contributed by atoms with Gasteiger partial charge in [0, 0.05) is 24.4 Å². The molecular formula is C23H21N3O2S2. The molecule has 152 valence electrons. The van der Waals surface area contributed by atoms with Crippen molar-refractivity contribution in [1.82, 2.24) is 14.7 Å². The highest BCUT2D eigenvalue weighted by molar-refractivity contribution is 8.26. The van der Waals surface area contributed by atoms with E-state index in [4.69, 9.17) is 22.1 Å². The van der Waals surface area contributed by atoms with Crippen LogP contribution in [0.2, 0.25) is 0 Å². The summed E-state index contributed by atoms with van der Waals surface area (Å²) in [5, 5.41) is 4.84. The third kappa shape index (κ3) is 3.91. The molecule has 1 fully saturated rings. The normalized spacial score (nSPS) is 15.3. The predicted molar refractivity (Wildman–Crippen MR) is 126 cm³/mol. The fraction of sp³-hybridized carbons (Fsp3) is 0.174. The molecule has 1 aromatic heterocycles. The molecule has 0 spiro atoms. The minimum atomic E-state index is -0.0914. The van der Waals surface area contributed by atoms with Crippen molar-refractivity contribution < 1.29 is 9.53 Å². The maximum absolute atomic E-state index is 12.5. The van der Waals surface area contributed by atoms with Gasteiger partial charge in [-0.2, -0.15) is 5.10 Å². The monoisotopic (exact) mass is 435 g/mol. The standard InChI is InChI=1S/C23H21N3O2S2/c1-4-28-19-11-10-16(12-15(19)2)21-17(13-20-22(27)25(3)23(29)30-20)14-26(24-21)18-8-6-5-7-9-18/h5-14H,4H2,1-3H3/b20-13-. The summed E-state index contributed by atoms with van der Waals surface area (Å²) in [6, 6.07) is 15.9. The summed E-state index contributed by atoms with van der Waals surface area (Å²) >= 11 is 6.58. The topological polar surface area (TPSA) is 47.4 Å². The second-order valence-corrected chi connectivity index (χ2v) is 8.54. The zero-order valence-electron chi connectivity index (χ0n) is 17.0. The number of rotatable bonds is 5. The molecule has 0 saturated carbocycles. The third-order valence-electron chi connectivity index (χ3n) is 4.78. The number of nitrogens with zero attached hydrogens (tertiary/aromatic N) is 3. The summed E-state index contributed by atoms with van der Waals surface area (Å²) in [4.78, 5) is 14.6. The molecule has 3 aromatic rings. The Bertz CT molecular complexity index is 1150. The fourth-order valence-corrected chi connectivity index (χ4v) is 4.40. The van der Waals surface area contributed by atoms with E-state index in [1.54, 1.807) is 7.05 Å². The smallest absolute Gasteiger partial charge is 0.265 e. The Hall–Kier alpha value is -2.90. The molecule has 0 bridgehead atoms. The molecule has 7 heteroatoms. The van der Waals surface area contributed by atoms with Crippen LogP contribution in [-0.4, -0.2) is 38.6 Å². The van der Waals surface area contributed by atoms with Gasteiger partial charge < -0.3 is 4.74 Å². The van der Waals surface area contributed by atoms with Gasteiger partial charge in [-0.3, -0.25) is 9.69 Å². The van der Waals surface area contributed by atoms with E-state index in [2.05, 4.69) is 6.07 Å². The van der Waals surface area contributed by atoms with Crippen LogP contribution in [0, 0.1) is 6.92 Å². The van der Waals surface area contributed by atoms with Gasteiger partial charge in [0.25, 0.3) is 5.91 Å². The number of aryl methyl sites for hydroxylation is 1. The highest BCUT2D eigenvalue weighted by Crippen LogP contribution is 2.35. The van der Waals surface area contributed by atoms with E-state index in [0.29, 0.717) is 15.8 Å². The molecule has 1 amide bonds. The first-order valence-corrected chi connectivity index (χ1v) is 10.8. The molecule has 2 aromatic carbocycles. The van der Waals surface area contributed by atoms with Crippen LogP contribution in [-0.2, 0) is 4.79 Å². The molecule has 0 radical (unpaired) electrons. The lowest BCUT2D eigenvalue weighted by Gasteiger charge is -2.08. The van der Waals surface area contributed by atoms with Crippen LogP contribution in [0.15, 0.2) is 59.6 Å². The molecular weight excluding hydrogens is 414 g/mol. The first-order chi connectivity index (χ1) is 14.5. The average Bonchev–Trinajstić information content (AvgIpc) is 3.27. The number of amides is 1. The van der Waals surface area contributed by atoms with Crippen LogP contribution in [0.25, 0.3) is 23.0 Å². The highest BCUT2D eigenvalue weighted by atomic mass is 32.2. The number of thiocarbonyl (C=S) groups is 1. The number of benzene rings is 2. The van der Waals surface area contributed by atoms with Gasteiger partial charge in [0.2, 0.25) is 0 Å². The van der Waals surface area contributed by atoms with Crippen molar-refractivity contribution in [1.29, 1.82) is 0 Å². The predicted octanol–water partition coefficient (Wildman–Crippen LogP) is 5.08. The van der Waals surface area contributed by atoms with E-state index in [9.17, 15) is 4.79 Å². The van der Waals surface area contributed by atoms with Crippen molar-refractivity contribution in [2.24, 2.45) is 0 Å². The van der Waals surface area contributed by atoms with Gasteiger partial charge in [-0.25, -0.2) is 4.68 Å². The van der Waals surface area contributed by atoms with Crippen molar-refractivity contribution in [3.05, 3.63) is 70.8 Å². The van der Waals surface area contributed by atoms with Gasteiger partial charge in [-0.05, 0) is 55.8 Å². The van der Waals surface area contributed by atoms with Gasteiger partial charge in [0.15, 0.2) is 0 Å². The zero-order valence-corrected chi connectivity index (χ0v) is 18.6. The number of aromatic nitrogens is 2.